The number of anilines is 2. The maximum absolute atomic E-state index is 12.1. The van der Waals surface area contributed by atoms with Gasteiger partial charge >= 0.3 is 0 Å². The first-order valence-corrected chi connectivity index (χ1v) is 9.23. The van der Waals surface area contributed by atoms with Crippen molar-refractivity contribution in [1.29, 1.82) is 0 Å². The molecule has 1 aromatic carbocycles. The van der Waals surface area contributed by atoms with Gasteiger partial charge in [0.2, 0.25) is 5.91 Å². The number of benzene rings is 1. The molecule has 2 amide bonds. The molecule has 0 unspecified atom stereocenters. The molecule has 0 radical (unpaired) electrons. The number of carbonyl (C=O) groups excluding carboxylic acids is 2. The number of aryl methyl sites for hydroxylation is 1. The Balaban J connectivity index is 1.50. The Kier molecular flexibility index (Phi) is 6.10. The minimum absolute atomic E-state index is 0.162. The van der Waals surface area contributed by atoms with Crippen molar-refractivity contribution < 1.29 is 18.7 Å². The van der Waals surface area contributed by atoms with Gasteiger partial charge in [-0.2, -0.15) is 0 Å². The second-order valence-electron chi connectivity index (χ2n) is 5.47. The lowest BCUT2D eigenvalue weighted by Crippen LogP contribution is -2.13. The van der Waals surface area contributed by atoms with E-state index < -0.39 is 0 Å². The van der Waals surface area contributed by atoms with Crippen molar-refractivity contribution >= 4 is 45.6 Å². The predicted molar refractivity (Wildman–Crippen MR) is 104 cm³/mol. The van der Waals surface area contributed by atoms with E-state index in [0.717, 1.165) is 5.69 Å². The van der Waals surface area contributed by atoms with E-state index in [0.29, 0.717) is 28.0 Å². The Hall–Kier alpha value is -2.84. The Morgan fingerprint density at radius 2 is 2.15 bits per heavy atom. The zero-order valence-electron chi connectivity index (χ0n) is 14.3. The smallest absolute Gasteiger partial charge is 0.293 e. The second-order valence-corrected chi connectivity index (χ2v) is 6.74. The topological polar surface area (TPSA) is 93.5 Å². The molecule has 2 N–H and O–H groups in total. The molecular formula is C18H16ClN3O4S. The molecule has 0 spiro atoms. The first-order valence-electron chi connectivity index (χ1n) is 7.98. The average Bonchev–Trinajstić information content (AvgIpc) is 3.32. The van der Waals surface area contributed by atoms with Gasteiger partial charge in [0, 0.05) is 17.5 Å². The molecule has 0 aliphatic rings. The highest BCUT2D eigenvalue weighted by Gasteiger charge is 2.12. The number of furan rings is 1. The number of hydrogen-bond acceptors (Lipinski definition) is 6. The number of hydrogen-bond donors (Lipinski definition) is 2. The third-order valence-corrected chi connectivity index (χ3v) is 4.66. The normalized spacial score (nSPS) is 10.4. The van der Waals surface area contributed by atoms with Gasteiger partial charge in [0.15, 0.2) is 10.9 Å². The van der Waals surface area contributed by atoms with Crippen molar-refractivity contribution in [2.45, 2.75) is 12.8 Å². The number of methoxy groups -OCH3 is 1. The van der Waals surface area contributed by atoms with Crippen molar-refractivity contribution in [1.82, 2.24) is 4.98 Å². The highest BCUT2D eigenvalue weighted by atomic mass is 35.5. The van der Waals surface area contributed by atoms with Gasteiger partial charge < -0.3 is 14.5 Å². The van der Waals surface area contributed by atoms with Crippen molar-refractivity contribution in [2.24, 2.45) is 0 Å². The van der Waals surface area contributed by atoms with Crippen LogP contribution in [0.25, 0.3) is 0 Å². The summed E-state index contributed by atoms with van der Waals surface area (Å²) in [5.41, 5.74) is 1.31. The Morgan fingerprint density at radius 3 is 2.85 bits per heavy atom. The lowest BCUT2D eigenvalue weighted by atomic mass is 10.2. The second kappa shape index (κ2) is 8.70. The molecule has 0 bridgehead atoms. The van der Waals surface area contributed by atoms with Gasteiger partial charge in [-0.15, -0.1) is 11.3 Å². The van der Waals surface area contributed by atoms with Crippen LogP contribution in [0.5, 0.6) is 5.75 Å². The highest BCUT2D eigenvalue weighted by Crippen LogP contribution is 2.27. The molecule has 0 saturated heterocycles. The van der Waals surface area contributed by atoms with Gasteiger partial charge in [0.25, 0.3) is 5.91 Å². The molecule has 0 aliphatic heterocycles. The molecule has 3 aromatic rings. The monoisotopic (exact) mass is 405 g/mol. The van der Waals surface area contributed by atoms with E-state index in [1.54, 1.807) is 35.7 Å². The quantitative estimate of drug-likeness (QED) is 0.613. The standard InChI is InChI=1S/C18H16ClN3O4S/c1-25-14-6-4-11(9-13(14)19)20-16(23)7-5-12-10-27-18(21-12)22-17(24)15-3-2-8-26-15/h2-4,6,8-10H,5,7H2,1H3,(H,20,23)(H,21,22,24). The van der Waals surface area contributed by atoms with Crippen LogP contribution in [0.2, 0.25) is 5.02 Å². The number of nitrogens with zero attached hydrogens (tertiary/aromatic N) is 1. The summed E-state index contributed by atoms with van der Waals surface area (Å²) in [6.45, 7) is 0. The summed E-state index contributed by atoms with van der Waals surface area (Å²) in [6.07, 6.45) is 2.12. The van der Waals surface area contributed by atoms with Crippen LogP contribution < -0.4 is 15.4 Å². The lowest BCUT2D eigenvalue weighted by Gasteiger charge is -2.07. The van der Waals surface area contributed by atoms with Crippen molar-refractivity contribution in [2.75, 3.05) is 17.7 Å². The van der Waals surface area contributed by atoms with Crippen LogP contribution in [0, 0.1) is 0 Å². The van der Waals surface area contributed by atoms with Gasteiger partial charge in [0.05, 0.1) is 24.1 Å². The number of ether oxygens (including phenoxy) is 1. The van der Waals surface area contributed by atoms with Crippen molar-refractivity contribution in [3.63, 3.8) is 0 Å². The summed E-state index contributed by atoms with van der Waals surface area (Å²) in [5.74, 6) is 0.228. The third-order valence-electron chi connectivity index (χ3n) is 3.56. The largest absolute Gasteiger partial charge is 0.495 e. The number of rotatable bonds is 7. The molecule has 0 saturated carbocycles. The number of thiazole rings is 1. The SMILES string of the molecule is COc1ccc(NC(=O)CCc2csc(NC(=O)c3ccco3)n2)cc1Cl. The summed E-state index contributed by atoms with van der Waals surface area (Å²) < 4.78 is 10.1. The van der Waals surface area contributed by atoms with Crippen molar-refractivity contribution in [3.05, 3.63) is 58.5 Å². The van der Waals surface area contributed by atoms with E-state index in [1.807, 2.05) is 0 Å². The molecule has 140 valence electrons. The number of amides is 2. The van der Waals surface area contributed by atoms with Crippen LogP contribution in [0.1, 0.15) is 22.7 Å². The van der Waals surface area contributed by atoms with Gasteiger partial charge in [-0.3, -0.25) is 14.9 Å². The van der Waals surface area contributed by atoms with E-state index in [4.69, 9.17) is 20.8 Å². The third kappa shape index (κ3) is 5.08. The molecule has 0 atom stereocenters. The summed E-state index contributed by atoms with van der Waals surface area (Å²) in [4.78, 5) is 28.3. The van der Waals surface area contributed by atoms with E-state index >= 15 is 0 Å². The molecule has 0 aliphatic carbocycles. The summed E-state index contributed by atoms with van der Waals surface area (Å²) in [5, 5.41) is 8.11. The molecular weight excluding hydrogens is 390 g/mol. The maximum Gasteiger partial charge on any atom is 0.293 e. The van der Waals surface area contributed by atoms with E-state index in [-0.39, 0.29) is 24.0 Å². The predicted octanol–water partition coefficient (Wildman–Crippen LogP) is 4.22. The van der Waals surface area contributed by atoms with E-state index in [1.165, 1.54) is 24.7 Å². The zero-order valence-corrected chi connectivity index (χ0v) is 15.9. The average molecular weight is 406 g/mol. The van der Waals surface area contributed by atoms with Gasteiger partial charge in [-0.1, -0.05) is 11.6 Å². The molecule has 2 heterocycles. The van der Waals surface area contributed by atoms with Crippen LogP contribution in [0.4, 0.5) is 10.8 Å². The van der Waals surface area contributed by atoms with Crippen LogP contribution >= 0.6 is 22.9 Å². The Morgan fingerprint density at radius 1 is 1.30 bits per heavy atom. The van der Waals surface area contributed by atoms with Gasteiger partial charge in [-0.25, -0.2) is 4.98 Å². The molecule has 3 rings (SSSR count). The summed E-state index contributed by atoms with van der Waals surface area (Å²) in [7, 11) is 1.53. The van der Waals surface area contributed by atoms with E-state index in [2.05, 4.69) is 15.6 Å². The van der Waals surface area contributed by atoms with E-state index in [9.17, 15) is 9.59 Å². The molecule has 7 nitrogen and oxygen atoms in total. The Bertz CT molecular complexity index is 940. The fraction of sp³-hybridized carbons (Fsp3) is 0.167. The lowest BCUT2D eigenvalue weighted by molar-refractivity contribution is -0.116. The number of carbonyl (C=O) groups is 2. The Labute approximate surface area is 164 Å². The minimum Gasteiger partial charge on any atom is -0.495 e. The number of halogens is 1. The molecule has 0 fully saturated rings. The van der Waals surface area contributed by atoms with Gasteiger partial charge in [0.1, 0.15) is 5.75 Å². The minimum atomic E-state index is -0.366. The summed E-state index contributed by atoms with van der Waals surface area (Å²) >= 11 is 7.33. The summed E-state index contributed by atoms with van der Waals surface area (Å²) in [6, 6.07) is 8.24. The van der Waals surface area contributed by atoms with Crippen LogP contribution in [0.3, 0.4) is 0 Å². The molecule has 9 heteroatoms. The first-order chi connectivity index (χ1) is 13.0. The van der Waals surface area contributed by atoms with Gasteiger partial charge in [-0.05, 0) is 36.8 Å². The maximum atomic E-state index is 12.1. The fourth-order valence-corrected chi connectivity index (χ4v) is 3.25. The zero-order chi connectivity index (χ0) is 19.2. The first kappa shape index (κ1) is 18.9. The number of nitrogens with one attached hydrogen (secondary N) is 2. The van der Waals surface area contributed by atoms with Crippen LogP contribution in [0.15, 0.2) is 46.4 Å². The van der Waals surface area contributed by atoms with Crippen LogP contribution in [-0.2, 0) is 11.2 Å². The molecule has 2 aromatic heterocycles. The highest BCUT2D eigenvalue weighted by molar-refractivity contribution is 7.13. The molecule has 27 heavy (non-hydrogen) atoms. The van der Waals surface area contributed by atoms with Crippen LogP contribution in [-0.4, -0.2) is 23.9 Å². The fourth-order valence-electron chi connectivity index (χ4n) is 2.25. The number of aromatic nitrogens is 1. The van der Waals surface area contributed by atoms with Crippen molar-refractivity contribution in [3.8, 4) is 5.75 Å².